The van der Waals surface area contributed by atoms with E-state index in [0.717, 1.165) is 24.8 Å². The Hall–Kier alpha value is -2.11. The first kappa shape index (κ1) is 18.7. The number of amides is 2. The highest BCUT2D eigenvalue weighted by atomic mass is 16.5. The number of pyridine rings is 1. The van der Waals surface area contributed by atoms with Crippen LogP contribution in [0.5, 0.6) is 5.88 Å². The zero-order valence-electron chi connectivity index (χ0n) is 15.5. The van der Waals surface area contributed by atoms with E-state index in [0.29, 0.717) is 31.3 Å². The van der Waals surface area contributed by atoms with Gasteiger partial charge in [-0.3, -0.25) is 9.59 Å². The first-order chi connectivity index (χ1) is 12.6. The molecule has 0 saturated heterocycles. The Labute approximate surface area is 155 Å². The Bertz CT molecular complexity index is 628. The van der Waals surface area contributed by atoms with Gasteiger partial charge in [-0.1, -0.05) is 13.3 Å². The molecular formula is C20H29N3O3. The second-order valence-corrected chi connectivity index (χ2v) is 7.52. The Kier molecular flexibility index (Phi) is 6.47. The molecule has 6 heteroatoms. The minimum atomic E-state index is -0.0688. The minimum absolute atomic E-state index is 0.0688. The fourth-order valence-electron chi connectivity index (χ4n) is 3.39. The maximum absolute atomic E-state index is 11.9. The van der Waals surface area contributed by atoms with E-state index < -0.39 is 0 Å². The number of nitrogens with one attached hydrogen (secondary N) is 2. The van der Waals surface area contributed by atoms with Crippen LogP contribution in [0.2, 0.25) is 0 Å². The van der Waals surface area contributed by atoms with E-state index in [-0.39, 0.29) is 23.8 Å². The second-order valence-electron chi connectivity index (χ2n) is 7.52. The smallest absolute Gasteiger partial charge is 0.223 e. The van der Waals surface area contributed by atoms with Crippen LogP contribution in [0.1, 0.15) is 57.4 Å². The molecule has 0 spiro atoms. The highest BCUT2D eigenvalue weighted by molar-refractivity contribution is 5.82. The standard InChI is InChI=1S/C20H29N3O3/c1-14-11-17(14)20(25)22-10-8-18(24)23-13-15-7-9-21-19(12-15)26-16-5-3-2-4-6-16/h7,9,12,14,16-17H,2-6,8,10-11,13H2,1H3,(H,22,25)(H,23,24). The van der Waals surface area contributed by atoms with E-state index in [4.69, 9.17) is 4.74 Å². The molecule has 2 amide bonds. The quantitative estimate of drug-likeness (QED) is 0.748. The predicted octanol–water partition coefficient (Wildman–Crippen LogP) is 2.57. The van der Waals surface area contributed by atoms with Crippen LogP contribution in [-0.2, 0) is 16.1 Å². The molecule has 0 aromatic carbocycles. The fraction of sp³-hybridized carbons (Fsp3) is 0.650. The number of aromatic nitrogens is 1. The van der Waals surface area contributed by atoms with Crippen LogP contribution in [0.15, 0.2) is 18.3 Å². The fourth-order valence-corrected chi connectivity index (χ4v) is 3.39. The summed E-state index contributed by atoms with van der Waals surface area (Å²) in [6.45, 7) is 2.90. The number of hydrogen-bond donors (Lipinski definition) is 2. The van der Waals surface area contributed by atoms with Gasteiger partial charge in [-0.15, -0.1) is 0 Å². The van der Waals surface area contributed by atoms with E-state index in [2.05, 4.69) is 22.5 Å². The Morgan fingerprint density at radius 1 is 1.23 bits per heavy atom. The summed E-state index contributed by atoms with van der Waals surface area (Å²) in [4.78, 5) is 27.9. The van der Waals surface area contributed by atoms with Crippen LogP contribution < -0.4 is 15.4 Å². The molecule has 1 heterocycles. The topological polar surface area (TPSA) is 80.3 Å². The number of carbonyl (C=O) groups excluding carboxylic acids is 2. The Balaban J connectivity index is 1.36. The van der Waals surface area contributed by atoms with Gasteiger partial charge < -0.3 is 15.4 Å². The molecule has 142 valence electrons. The van der Waals surface area contributed by atoms with Crippen molar-refractivity contribution < 1.29 is 14.3 Å². The summed E-state index contributed by atoms with van der Waals surface area (Å²) in [6.07, 6.45) is 9.15. The van der Waals surface area contributed by atoms with Crippen molar-refractivity contribution in [3.05, 3.63) is 23.9 Å². The molecule has 0 bridgehead atoms. The summed E-state index contributed by atoms with van der Waals surface area (Å²) in [5, 5.41) is 5.71. The van der Waals surface area contributed by atoms with Crippen LogP contribution in [0.3, 0.4) is 0 Å². The average Bonchev–Trinajstić information content (AvgIpc) is 3.38. The van der Waals surface area contributed by atoms with E-state index in [9.17, 15) is 9.59 Å². The van der Waals surface area contributed by atoms with Gasteiger partial charge in [0, 0.05) is 37.7 Å². The van der Waals surface area contributed by atoms with Crippen molar-refractivity contribution in [1.29, 1.82) is 0 Å². The van der Waals surface area contributed by atoms with Gasteiger partial charge in [-0.05, 0) is 49.7 Å². The minimum Gasteiger partial charge on any atom is -0.474 e. The molecule has 2 unspecified atom stereocenters. The highest BCUT2D eigenvalue weighted by Crippen LogP contribution is 2.37. The maximum atomic E-state index is 11.9. The van der Waals surface area contributed by atoms with Gasteiger partial charge in [0.05, 0.1) is 0 Å². The monoisotopic (exact) mass is 359 g/mol. The third kappa shape index (κ3) is 5.71. The number of nitrogens with zero attached hydrogens (tertiary/aromatic N) is 1. The molecular weight excluding hydrogens is 330 g/mol. The zero-order valence-corrected chi connectivity index (χ0v) is 15.5. The lowest BCUT2D eigenvalue weighted by atomic mass is 9.98. The van der Waals surface area contributed by atoms with Gasteiger partial charge in [0.1, 0.15) is 6.10 Å². The molecule has 1 aromatic rings. The summed E-state index contributed by atoms with van der Waals surface area (Å²) in [7, 11) is 0. The molecule has 2 aliphatic carbocycles. The number of rotatable bonds is 8. The molecule has 6 nitrogen and oxygen atoms in total. The van der Waals surface area contributed by atoms with Crippen molar-refractivity contribution in [3.63, 3.8) is 0 Å². The highest BCUT2D eigenvalue weighted by Gasteiger charge is 2.38. The number of ether oxygens (including phenoxy) is 1. The second kappa shape index (κ2) is 9.01. The lowest BCUT2D eigenvalue weighted by Gasteiger charge is -2.22. The first-order valence-electron chi connectivity index (χ1n) is 9.78. The third-order valence-corrected chi connectivity index (χ3v) is 5.23. The summed E-state index contributed by atoms with van der Waals surface area (Å²) in [6, 6.07) is 3.77. The van der Waals surface area contributed by atoms with E-state index in [1.54, 1.807) is 6.20 Å². The molecule has 26 heavy (non-hydrogen) atoms. The van der Waals surface area contributed by atoms with Gasteiger partial charge in [0.25, 0.3) is 0 Å². The molecule has 3 rings (SSSR count). The van der Waals surface area contributed by atoms with Crippen molar-refractivity contribution in [2.75, 3.05) is 6.54 Å². The van der Waals surface area contributed by atoms with Gasteiger partial charge >= 0.3 is 0 Å². The van der Waals surface area contributed by atoms with Crippen molar-refractivity contribution in [2.24, 2.45) is 11.8 Å². The molecule has 2 fully saturated rings. The van der Waals surface area contributed by atoms with Crippen LogP contribution in [0, 0.1) is 11.8 Å². The van der Waals surface area contributed by atoms with Crippen LogP contribution >= 0.6 is 0 Å². The molecule has 1 aromatic heterocycles. The van der Waals surface area contributed by atoms with Crippen molar-refractivity contribution in [1.82, 2.24) is 15.6 Å². The summed E-state index contributed by atoms with van der Waals surface area (Å²) in [5.74, 6) is 1.28. The van der Waals surface area contributed by atoms with E-state index >= 15 is 0 Å². The molecule has 0 aliphatic heterocycles. The van der Waals surface area contributed by atoms with Gasteiger partial charge in [-0.25, -0.2) is 4.98 Å². The van der Waals surface area contributed by atoms with E-state index in [1.807, 2.05) is 12.1 Å². The summed E-state index contributed by atoms with van der Waals surface area (Å²) >= 11 is 0. The Morgan fingerprint density at radius 3 is 2.73 bits per heavy atom. The first-order valence-corrected chi connectivity index (χ1v) is 9.78. The lowest BCUT2D eigenvalue weighted by Crippen LogP contribution is -2.31. The molecule has 2 saturated carbocycles. The van der Waals surface area contributed by atoms with Crippen molar-refractivity contribution in [2.45, 2.75) is 64.5 Å². The molecule has 0 radical (unpaired) electrons. The lowest BCUT2D eigenvalue weighted by molar-refractivity contribution is -0.123. The van der Waals surface area contributed by atoms with Gasteiger partial charge in [0.2, 0.25) is 17.7 Å². The summed E-state index contributed by atoms with van der Waals surface area (Å²) < 4.78 is 5.96. The van der Waals surface area contributed by atoms with Crippen molar-refractivity contribution >= 4 is 11.8 Å². The summed E-state index contributed by atoms with van der Waals surface area (Å²) in [5.41, 5.74) is 0.968. The number of carbonyl (C=O) groups is 2. The third-order valence-electron chi connectivity index (χ3n) is 5.23. The predicted molar refractivity (Wildman–Crippen MR) is 98.5 cm³/mol. The van der Waals surface area contributed by atoms with Gasteiger partial charge in [-0.2, -0.15) is 0 Å². The average molecular weight is 359 g/mol. The van der Waals surface area contributed by atoms with Crippen molar-refractivity contribution in [3.8, 4) is 5.88 Å². The zero-order chi connectivity index (χ0) is 18.4. The van der Waals surface area contributed by atoms with Crippen LogP contribution in [0.4, 0.5) is 0 Å². The van der Waals surface area contributed by atoms with E-state index in [1.165, 1.54) is 19.3 Å². The van der Waals surface area contributed by atoms with Crippen LogP contribution in [-0.4, -0.2) is 29.4 Å². The number of hydrogen-bond acceptors (Lipinski definition) is 4. The molecule has 2 atom stereocenters. The Morgan fingerprint density at radius 2 is 2.00 bits per heavy atom. The largest absolute Gasteiger partial charge is 0.474 e. The van der Waals surface area contributed by atoms with Crippen LogP contribution in [0.25, 0.3) is 0 Å². The normalized spacial score (nSPS) is 22.5. The molecule has 2 N–H and O–H groups in total. The van der Waals surface area contributed by atoms with Gasteiger partial charge in [0.15, 0.2) is 0 Å². The molecule has 2 aliphatic rings. The maximum Gasteiger partial charge on any atom is 0.223 e. The SMILES string of the molecule is CC1CC1C(=O)NCCC(=O)NCc1ccnc(OC2CCCCC2)c1.